The molecule has 1 aromatic rings. The molecule has 0 bridgehead atoms. The first-order valence-corrected chi connectivity index (χ1v) is 4.07. The van der Waals surface area contributed by atoms with E-state index in [-0.39, 0.29) is 16.8 Å². The van der Waals surface area contributed by atoms with Gasteiger partial charge in [-0.15, -0.1) is 0 Å². The zero-order valence-corrected chi connectivity index (χ0v) is 8.05. The van der Waals surface area contributed by atoms with Crippen LogP contribution >= 0.6 is 0 Å². The van der Waals surface area contributed by atoms with E-state index in [9.17, 15) is 23.3 Å². The molecule has 0 aliphatic heterocycles. The first-order valence-electron chi connectivity index (χ1n) is 4.07. The largest absolute Gasteiger partial charge is 0.416 e. The first kappa shape index (κ1) is 11.5. The second-order valence-corrected chi connectivity index (χ2v) is 3.14. The van der Waals surface area contributed by atoms with Crippen LogP contribution in [0, 0.1) is 24.0 Å². The average molecular weight is 219 g/mol. The van der Waals surface area contributed by atoms with E-state index in [1.54, 1.807) is 0 Å². The van der Waals surface area contributed by atoms with Crippen molar-refractivity contribution in [2.24, 2.45) is 0 Å². The van der Waals surface area contributed by atoms with E-state index in [0.717, 1.165) is 12.1 Å². The average Bonchev–Trinajstić information content (AvgIpc) is 2.06. The second kappa shape index (κ2) is 3.52. The van der Waals surface area contributed by atoms with Crippen LogP contribution in [-0.4, -0.2) is 4.92 Å². The maximum atomic E-state index is 12.4. The monoisotopic (exact) mass is 219 g/mol. The molecule has 1 rings (SSSR count). The number of nitro benzene ring substituents is 1. The summed E-state index contributed by atoms with van der Waals surface area (Å²) >= 11 is 0. The van der Waals surface area contributed by atoms with E-state index >= 15 is 0 Å². The van der Waals surface area contributed by atoms with E-state index < -0.39 is 16.7 Å². The fourth-order valence-electron chi connectivity index (χ4n) is 1.31. The van der Waals surface area contributed by atoms with Gasteiger partial charge in [0.2, 0.25) is 0 Å². The quantitative estimate of drug-likeness (QED) is 0.537. The molecule has 82 valence electrons. The fourth-order valence-corrected chi connectivity index (χ4v) is 1.31. The Morgan fingerprint density at radius 3 is 2.13 bits per heavy atom. The van der Waals surface area contributed by atoms with Crippen LogP contribution in [0.25, 0.3) is 0 Å². The van der Waals surface area contributed by atoms with Crippen LogP contribution in [0.3, 0.4) is 0 Å². The minimum absolute atomic E-state index is 0.0508. The third-order valence-corrected chi connectivity index (χ3v) is 2.26. The van der Waals surface area contributed by atoms with E-state index in [1.807, 2.05) is 0 Å². The van der Waals surface area contributed by atoms with E-state index in [2.05, 4.69) is 0 Å². The number of nitro groups is 1. The fraction of sp³-hybridized carbons (Fsp3) is 0.333. The Balaban J connectivity index is 3.41. The lowest BCUT2D eigenvalue weighted by atomic mass is 10.0. The minimum Gasteiger partial charge on any atom is -0.258 e. The third-order valence-electron chi connectivity index (χ3n) is 2.26. The Morgan fingerprint density at radius 1 is 1.20 bits per heavy atom. The molecule has 0 fully saturated rings. The van der Waals surface area contributed by atoms with Crippen LogP contribution in [0.2, 0.25) is 0 Å². The summed E-state index contributed by atoms with van der Waals surface area (Å²) in [4.78, 5) is 9.77. The summed E-state index contributed by atoms with van der Waals surface area (Å²) in [6, 6.07) is 1.62. The minimum atomic E-state index is -4.47. The van der Waals surface area contributed by atoms with Gasteiger partial charge in [-0.1, -0.05) is 0 Å². The van der Waals surface area contributed by atoms with Crippen molar-refractivity contribution in [3.63, 3.8) is 0 Å². The lowest BCUT2D eigenvalue weighted by molar-refractivity contribution is -0.385. The van der Waals surface area contributed by atoms with Crippen LogP contribution in [-0.2, 0) is 6.18 Å². The molecule has 6 heteroatoms. The van der Waals surface area contributed by atoms with Gasteiger partial charge in [0.15, 0.2) is 0 Å². The summed E-state index contributed by atoms with van der Waals surface area (Å²) in [5.74, 6) is 0. The van der Waals surface area contributed by atoms with Crippen molar-refractivity contribution in [2.45, 2.75) is 20.0 Å². The summed E-state index contributed by atoms with van der Waals surface area (Å²) in [6.45, 7) is 2.54. The molecule has 3 nitrogen and oxygen atoms in total. The Labute approximate surface area is 83.7 Å². The molecule has 0 spiro atoms. The number of hydrogen-bond acceptors (Lipinski definition) is 2. The topological polar surface area (TPSA) is 43.1 Å². The predicted molar refractivity (Wildman–Crippen MR) is 47.6 cm³/mol. The first-order chi connectivity index (χ1) is 6.75. The number of rotatable bonds is 1. The molecule has 0 saturated carbocycles. The summed E-state index contributed by atoms with van der Waals surface area (Å²) in [5.41, 5.74) is -1.17. The molecule has 0 aliphatic rings. The smallest absolute Gasteiger partial charge is 0.258 e. The van der Waals surface area contributed by atoms with Gasteiger partial charge in [0.25, 0.3) is 5.69 Å². The van der Waals surface area contributed by atoms with Gasteiger partial charge in [0.1, 0.15) is 0 Å². The molecule has 0 aromatic heterocycles. The van der Waals surface area contributed by atoms with Gasteiger partial charge in [0, 0.05) is 11.6 Å². The van der Waals surface area contributed by atoms with Crippen molar-refractivity contribution in [1.29, 1.82) is 0 Å². The number of alkyl halides is 3. The summed E-state index contributed by atoms with van der Waals surface area (Å²) < 4.78 is 37.2. The zero-order valence-electron chi connectivity index (χ0n) is 8.05. The number of halogens is 3. The van der Waals surface area contributed by atoms with Crippen molar-refractivity contribution in [1.82, 2.24) is 0 Å². The lowest BCUT2D eigenvalue weighted by Crippen LogP contribution is -2.09. The Hall–Kier alpha value is -1.59. The van der Waals surface area contributed by atoms with Crippen molar-refractivity contribution in [2.75, 3.05) is 0 Å². The summed E-state index contributed by atoms with van der Waals surface area (Å²) in [5, 5.41) is 10.5. The van der Waals surface area contributed by atoms with E-state index in [1.165, 1.54) is 13.8 Å². The highest BCUT2D eigenvalue weighted by Crippen LogP contribution is 2.35. The Kier molecular flexibility index (Phi) is 2.70. The van der Waals surface area contributed by atoms with Gasteiger partial charge in [-0.05, 0) is 25.5 Å². The van der Waals surface area contributed by atoms with Crippen LogP contribution < -0.4 is 0 Å². The molecule has 0 aliphatic carbocycles. The Morgan fingerprint density at radius 2 is 1.73 bits per heavy atom. The van der Waals surface area contributed by atoms with Gasteiger partial charge in [-0.25, -0.2) is 0 Å². The summed E-state index contributed by atoms with van der Waals surface area (Å²) in [7, 11) is 0. The normalized spacial score (nSPS) is 11.5. The van der Waals surface area contributed by atoms with Gasteiger partial charge in [0.05, 0.1) is 10.5 Å². The lowest BCUT2D eigenvalue weighted by Gasteiger charge is -2.11. The maximum absolute atomic E-state index is 12.4. The molecule has 15 heavy (non-hydrogen) atoms. The molecule has 0 amide bonds. The van der Waals surface area contributed by atoms with Crippen molar-refractivity contribution < 1.29 is 18.1 Å². The molecular formula is C9H8F3NO2. The molecule has 1 aromatic carbocycles. The molecule has 0 N–H and O–H groups in total. The number of hydrogen-bond donors (Lipinski definition) is 0. The van der Waals surface area contributed by atoms with E-state index in [0.29, 0.717) is 0 Å². The molecule has 0 saturated heterocycles. The van der Waals surface area contributed by atoms with Gasteiger partial charge < -0.3 is 0 Å². The van der Waals surface area contributed by atoms with Crippen molar-refractivity contribution in [3.8, 4) is 0 Å². The number of nitrogens with zero attached hydrogens (tertiary/aromatic N) is 1. The maximum Gasteiger partial charge on any atom is 0.416 e. The molecule has 0 unspecified atom stereocenters. The van der Waals surface area contributed by atoms with Gasteiger partial charge in [-0.3, -0.25) is 10.1 Å². The predicted octanol–water partition coefficient (Wildman–Crippen LogP) is 3.23. The van der Waals surface area contributed by atoms with Crippen LogP contribution in [0.1, 0.15) is 16.7 Å². The highest BCUT2D eigenvalue weighted by Gasteiger charge is 2.34. The zero-order chi connectivity index (χ0) is 11.8. The summed E-state index contributed by atoms with van der Waals surface area (Å²) in [6.07, 6.45) is -4.47. The standard InChI is InChI=1S/C9H8F3NO2/c1-5-6(2)8(13(14)15)4-3-7(5)9(10,11)12/h3-4H,1-2H3. The van der Waals surface area contributed by atoms with Gasteiger partial charge in [-0.2, -0.15) is 13.2 Å². The van der Waals surface area contributed by atoms with Crippen molar-refractivity contribution >= 4 is 5.69 Å². The second-order valence-electron chi connectivity index (χ2n) is 3.14. The molecular weight excluding hydrogens is 211 g/mol. The number of benzene rings is 1. The Bertz CT molecular complexity index is 413. The highest BCUT2D eigenvalue weighted by atomic mass is 19.4. The van der Waals surface area contributed by atoms with Crippen molar-refractivity contribution in [3.05, 3.63) is 38.9 Å². The molecule has 0 heterocycles. The van der Waals surface area contributed by atoms with E-state index in [4.69, 9.17) is 0 Å². The van der Waals surface area contributed by atoms with Crippen LogP contribution in [0.5, 0.6) is 0 Å². The molecule has 0 atom stereocenters. The van der Waals surface area contributed by atoms with Crippen LogP contribution in [0.4, 0.5) is 18.9 Å². The van der Waals surface area contributed by atoms with Crippen LogP contribution in [0.15, 0.2) is 12.1 Å². The molecule has 0 radical (unpaired) electrons. The SMILES string of the molecule is Cc1c([N+](=O)[O-])ccc(C(F)(F)F)c1C. The third kappa shape index (κ3) is 2.08. The highest BCUT2D eigenvalue weighted by molar-refractivity contribution is 5.48. The van der Waals surface area contributed by atoms with Gasteiger partial charge >= 0.3 is 6.18 Å².